The Morgan fingerprint density at radius 1 is 1.48 bits per heavy atom. The Labute approximate surface area is 133 Å². The third kappa shape index (κ3) is 4.43. The van der Waals surface area contributed by atoms with E-state index < -0.39 is 0 Å². The zero-order chi connectivity index (χ0) is 14.5. The summed E-state index contributed by atoms with van der Waals surface area (Å²) in [7, 11) is 0. The summed E-state index contributed by atoms with van der Waals surface area (Å²) in [5.41, 5.74) is 9.03. The molecule has 5 heteroatoms. The van der Waals surface area contributed by atoms with E-state index in [0.717, 1.165) is 37.1 Å². The number of para-hydroxylation sites is 1. The van der Waals surface area contributed by atoms with Crippen molar-refractivity contribution >= 4 is 24.0 Å². The molecule has 1 heterocycles. The summed E-state index contributed by atoms with van der Waals surface area (Å²) in [6.45, 7) is 6.20. The van der Waals surface area contributed by atoms with Gasteiger partial charge in [0.1, 0.15) is 0 Å². The number of benzene rings is 1. The van der Waals surface area contributed by atoms with E-state index in [-0.39, 0.29) is 18.3 Å². The van der Waals surface area contributed by atoms with Crippen LogP contribution in [-0.2, 0) is 11.2 Å². The van der Waals surface area contributed by atoms with Gasteiger partial charge in [-0.15, -0.1) is 12.4 Å². The molecule has 1 aromatic carbocycles. The molecule has 21 heavy (non-hydrogen) atoms. The fraction of sp³-hybridized carbons (Fsp3) is 0.562. The molecular formula is C16H26ClN3O. The van der Waals surface area contributed by atoms with Gasteiger partial charge in [-0.1, -0.05) is 25.1 Å². The van der Waals surface area contributed by atoms with Gasteiger partial charge in [0.2, 0.25) is 5.91 Å². The normalized spacial score (nSPS) is 18.3. The lowest BCUT2D eigenvalue weighted by Crippen LogP contribution is -2.40. The molecule has 0 spiro atoms. The number of halogens is 1. The van der Waals surface area contributed by atoms with Gasteiger partial charge in [-0.25, -0.2) is 0 Å². The molecule has 0 saturated carbocycles. The largest absolute Gasteiger partial charge is 0.329 e. The van der Waals surface area contributed by atoms with Crippen LogP contribution in [-0.4, -0.2) is 36.5 Å². The molecule has 2 rings (SSSR count). The lowest BCUT2D eigenvalue weighted by Gasteiger charge is -2.23. The van der Waals surface area contributed by atoms with Crippen molar-refractivity contribution in [1.82, 2.24) is 4.90 Å². The first kappa shape index (κ1) is 18.0. The zero-order valence-corrected chi connectivity index (χ0v) is 13.7. The van der Waals surface area contributed by atoms with Crippen LogP contribution >= 0.6 is 12.4 Å². The fourth-order valence-corrected chi connectivity index (χ4v) is 2.94. The SMILES string of the molecule is CCc1cccc(C)c1NC(=O)CN1CCCC1CN.Cl. The van der Waals surface area contributed by atoms with Gasteiger partial charge in [0.15, 0.2) is 0 Å². The van der Waals surface area contributed by atoms with Crippen molar-refractivity contribution in [3.63, 3.8) is 0 Å². The second-order valence-electron chi connectivity index (χ2n) is 5.51. The molecule has 0 radical (unpaired) electrons. The molecule has 0 aliphatic carbocycles. The van der Waals surface area contributed by atoms with E-state index in [2.05, 4.69) is 23.2 Å². The molecule has 1 unspecified atom stereocenters. The van der Waals surface area contributed by atoms with Gasteiger partial charge >= 0.3 is 0 Å². The summed E-state index contributed by atoms with van der Waals surface area (Å²) < 4.78 is 0. The van der Waals surface area contributed by atoms with Crippen LogP contribution in [0.25, 0.3) is 0 Å². The van der Waals surface area contributed by atoms with Crippen LogP contribution in [0.3, 0.4) is 0 Å². The van der Waals surface area contributed by atoms with Gasteiger partial charge in [-0.2, -0.15) is 0 Å². The fourth-order valence-electron chi connectivity index (χ4n) is 2.94. The average molecular weight is 312 g/mol. The van der Waals surface area contributed by atoms with Crippen molar-refractivity contribution in [2.75, 3.05) is 25.0 Å². The third-order valence-corrected chi connectivity index (χ3v) is 4.12. The van der Waals surface area contributed by atoms with E-state index in [1.54, 1.807) is 0 Å². The van der Waals surface area contributed by atoms with Crippen LogP contribution in [0.4, 0.5) is 5.69 Å². The van der Waals surface area contributed by atoms with E-state index in [4.69, 9.17) is 5.73 Å². The molecule has 4 nitrogen and oxygen atoms in total. The number of hydrogen-bond donors (Lipinski definition) is 2. The summed E-state index contributed by atoms with van der Waals surface area (Å²) in [5, 5.41) is 3.08. The van der Waals surface area contributed by atoms with Crippen molar-refractivity contribution in [2.45, 2.75) is 39.2 Å². The molecular weight excluding hydrogens is 286 g/mol. The molecule has 3 N–H and O–H groups in total. The number of nitrogens with two attached hydrogens (primary N) is 1. The highest BCUT2D eigenvalue weighted by molar-refractivity contribution is 5.93. The summed E-state index contributed by atoms with van der Waals surface area (Å²) in [5.74, 6) is 0.0642. The van der Waals surface area contributed by atoms with Gasteiger partial charge in [-0.3, -0.25) is 9.69 Å². The van der Waals surface area contributed by atoms with Crippen LogP contribution in [0.1, 0.15) is 30.9 Å². The zero-order valence-electron chi connectivity index (χ0n) is 12.9. The van der Waals surface area contributed by atoms with Gasteiger partial charge in [0.05, 0.1) is 6.54 Å². The summed E-state index contributed by atoms with van der Waals surface area (Å²) in [6, 6.07) is 6.51. The van der Waals surface area contributed by atoms with Crippen molar-refractivity contribution < 1.29 is 4.79 Å². The molecule has 1 amide bonds. The highest BCUT2D eigenvalue weighted by Gasteiger charge is 2.25. The molecule has 1 aliphatic rings. The minimum atomic E-state index is 0. The number of amides is 1. The van der Waals surface area contributed by atoms with Crippen molar-refractivity contribution in [1.29, 1.82) is 0 Å². The number of carbonyl (C=O) groups excluding carboxylic acids is 1. The first-order valence-corrected chi connectivity index (χ1v) is 7.48. The van der Waals surface area contributed by atoms with Crippen LogP contribution in [0.15, 0.2) is 18.2 Å². The Balaban J connectivity index is 0.00000220. The van der Waals surface area contributed by atoms with E-state index in [1.165, 1.54) is 5.56 Å². The number of anilines is 1. The van der Waals surface area contributed by atoms with E-state index in [9.17, 15) is 4.79 Å². The van der Waals surface area contributed by atoms with E-state index in [1.807, 2.05) is 19.1 Å². The minimum absolute atomic E-state index is 0. The molecule has 1 aromatic rings. The topological polar surface area (TPSA) is 58.4 Å². The first-order valence-electron chi connectivity index (χ1n) is 7.48. The van der Waals surface area contributed by atoms with Crippen molar-refractivity contribution in [3.05, 3.63) is 29.3 Å². The third-order valence-electron chi connectivity index (χ3n) is 4.12. The van der Waals surface area contributed by atoms with Gasteiger partial charge in [-0.05, 0) is 43.9 Å². The standard InChI is InChI=1S/C16H25N3O.ClH/c1-3-13-7-4-6-12(2)16(13)18-15(20)11-19-9-5-8-14(19)10-17;/h4,6-7,14H,3,5,8-11,17H2,1-2H3,(H,18,20);1H. The van der Waals surface area contributed by atoms with Crippen molar-refractivity contribution in [2.24, 2.45) is 5.73 Å². The molecule has 1 saturated heterocycles. The van der Waals surface area contributed by atoms with Crippen molar-refractivity contribution in [3.8, 4) is 0 Å². The maximum Gasteiger partial charge on any atom is 0.238 e. The minimum Gasteiger partial charge on any atom is -0.329 e. The Hall–Kier alpha value is -1.10. The lowest BCUT2D eigenvalue weighted by molar-refractivity contribution is -0.117. The second-order valence-corrected chi connectivity index (χ2v) is 5.51. The highest BCUT2D eigenvalue weighted by atomic mass is 35.5. The maximum atomic E-state index is 12.3. The summed E-state index contributed by atoms with van der Waals surface area (Å²) >= 11 is 0. The Morgan fingerprint density at radius 2 is 2.24 bits per heavy atom. The predicted molar refractivity (Wildman–Crippen MR) is 90.1 cm³/mol. The quantitative estimate of drug-likeness (QED) is 0.877. The number of aryl methyl sites for hydroxylation is 2. The highest BCUT2D eigenvalue weighted by Crippen LogP contribution is 2.21. The first-order chi connectivity index (χ1) is 9.65. The summed E-state index contributed by atoms with van der Waals surface area (Å²) in [6.07, 6.45) is 3.17. The predicted octanol–water partition coefficient (Wildman–Crippen LogP) is 2.34. The molecule has 0 bridgehead atoms. The second kappa shape index (κ2) is 8.37. The van der Waals surface area contributed by atoms with Gasteiger partial charge in [0.25, 0.3) is 0 Å². The Morgan fingerprint density at radius 3 is 2.90 bits per heavy atom. The molecule has 0 aromatic heterocycles. The van der Waals surface area contributed by atoms with Crippen LogP contribution in [0, 0.1) is 6.92 Å². The number of nitrogens with zero attached hydrogens (tertiary/aromatic N) is 1. The molecule has 1 fully saturated rings. The Bertz CT molecular complexity index is 479. The van der Waals surface area contributed by atoms with Crippen LogP contribution in [0.5, 0.6) is 0 Å². The van der Waals surface area contributed by atoms with Gasteiger partial charge < -0.3 is 11.1 Å². The number of likely N-dealkylation sites (tertiary alicyclic amines) is 1. The molecule has 118 valence electrons. The number of carbonyl (C=O) groups is 1. The number of rotatable bonds is 5. The molecule has 1 aliphatic heterocycles. The average Bonchev–Trinajstić information content (AvgIpc) is 2.88. The van der Waals surface area contributed by atoms with Crippen LogP contribution in [0.2, 0.25) is 0 Å². The summed E-state index contributed by atoms with van der Waals surface area (Å²) in [4.78, 5) is 14.5. The van der Waals surface area contributed by atoms with Crippen LogP contribution < -0.4 is 11.1 Å². The van der Waals surface area contributed by atoms with E-state index in [0.29, 0.717) is 19.1 Å². The molecule has 1 atom stereocenters. The monoisotopic (exact) mass is 311 g/mol. The lowest BCUT2D eigenvalue weighted by atomic mass is 10.1. The number of nitrogens with one attached hydrogen (secondary N) is 1. The number of hydrogen-bond acceptors (Lipinski definition) is 3. The maximum absolute atomic E-state index is 12.3. The van der Waals surface area contributed by atoms with E-state index >= 15 is 0 Å². The smallest absolute Gasteiger partial charge is 0.238 e. The van der Waals surface area contributed by atoms with Gasteiger partial charge in [0, 0.05) is 18.3 Å². The Kier molecular flexibility index (Phi) is 7.15.